The molecule has 0 saturated carbocycles. The van der Waals surface area contributed by atoms with Crippen LogP contribution in [0.25, 0.3) is 16.9 Å². The van der Waals surface area contributed by atoms with Gasteiger partial charge in [0.1, 0.15) is 11.4 Å². The molecule has 0 unspecified atom stereocenters. The lowest BCUT2D eigenvalue weighted by atomic mass is 10.1. The highest BCUT2D eigenvalue weighted by Gasteiger charge is 2.21. The maximum absolute atomic E-state index is 13.4. The Kier molecular flexibility index (Phi) is 7.31. The third-order valence-electron chi connectivity index (χ3n) is 6.64. The first-order valence-corrected chi connectivity index (χ1v) is 12.6. The number of rotatable bonds is 7. The highest BCUT2D eigenvalue weighted by atomic mass is 16.5. The van der Waals surface area contributed by atoms with Crippen molar-refractivity contribution in [3.05, 3.63) is 102 Å². The van der Waals surface area contributed by atoms with Gasteiger partial charge in [-0.05, 0) is 61.2 Å². The molecule has 1 N–H and O–H groups in total. The van der Waals surface area contributed by atoms with Gasteiger partial charge in [0.05, 0.1) is 18.4 Å². The van der Waals surface area contributed by atoms with E-state index in [-0.39, 0.29) is 11.8 Å². The van der Waals surface area contributed by atoms with Gasteiger partial charge in [0.2, 0.25) is 0 Å². The Hall–Kier alpha value is -4.39. The quantitative estimate of drug-likeness (QED) is 0.388. The summed E-state index contributed by atoms with van der Waals surface area (Å²) in [7, 11) is 1.60. The van der Waals surface area contributed by atoms with Crippen LogP contribution in [0.15, 0.2) is 85.1 Å². The zero-order chi connectivity index (χ0) is 25.6. The van der Waals surface area contributed by atoms with Crippen LogP contribution in [0.4, 0.5) is 0 Å². The molecule has 7 heteroatoms. The second-order valence-corrected chi connectivity index (χ2v) is 9.10. The molecule has 1 fully saturated rings. The molecule has 188 valence electrons. The molecule has 0 aliphatic carbocycles. The molecule has 0 atom stereocenters. The van der Waals surface area contributed by atoms with Gasteiger partial charge in [-0.2, -0.15) is 5.10 Å². The largest absolute Gasteiger partial charge is 0.496 e. The lowest BCUT2D eigenvalue weighted by Crippen LogP contribution is -2.35. The molecular weight excluding hydrogens is 464 g/mol. The Bertz CT molecular complexity index is 1370. The molecule has 37 heavy (non-hydrogen) atoms. The number of hydrogen-bond donors (Lipinski definition) is 1. The molecular formula is C30H30N4O3. The van der Waals surface area contributed by atoms with Gasteiger partial charge in [0.25, 0.3) is 11.8 Å². The van der Waals surface area contributed by atoms with E-state index in [2.05, 4.69) is 5.32 Å². The van der Waals surface area contributed by atoms with Crippen LogP contribution < -0.4 is 10.1 Å². The SMILES string of the molecule is COc1ccccc1-c1nn(-c2ccccc2)cc1C(=O)NCc1ccc(C(=O)N2CCCCC2)cc1. The van der Waals surface area contributed by atoms with E-state index in [4.69, 9.17) is 9.84 Å². The highest BCUT2D eigenvalue weighted by molar-refractivity contribution is 6.00. The van der Waals surface area contributed by atoms with E-state index >= 15 is 0 Å². The van der Waals surface area contributed by atoms with Crippen molar-refractivity contribution in [3.8, 4) is 22.7 Å². The predicted molar refractivity (Wildman–Crippen MR) is 143 cm³/mol. The number of para-hydroxylation sites is 2. The Balaban J connectivity index is 1.35. The summed E-state index contributed by atoms with van der Waals surface area (Å²) in [5, 5.41) is 7.76. The molecule has 1 aliphatic heterocycles. The lowest BCUT2D eigenvalue weighted by Gasteiger charge is -2.26. The van der Waals surface area contributed by atoms with Crippen LogP contribution >= 0.6 is 0 Å². The van der Waals surface area contributed by atoms with Crippen LogP contribution in [0.3, 0.4) is 0 Å². The summed E-state index contributed by atoms with van der Waals surface area (Å²) in [5.74, 6) is 0.477. The second-order valence-electron chi connectivity index (χ2n) is 9.10. The fourth-order valence-corrected chi connectivity index (χ4v) is 4.61. The molecule has 1 aliphatic rings. The van der Waals surface area contributed by atoms with Gasteiger partial charge < -0.3 is 15.0 Å². The Labute approximate surface area is 216 Å². The molecule has 5 rings (SSSR count). The van der Waals surface area contributed by atoms with Gasteiger partial charge in [-0.25, -0.2) is 4.68 Å². The van der Waals surface area contributed by atoms with Crippen LogP contribution in [0.2, 0.25) is 0 Å². The van der Waals surface area contributed by atoms with E-state index in [1.54, 1.807) is 18.0 Å². The maximum atomic E-state index is 13.4. The Morgan fingerprint density at radius 2 is 1.59 bits per heavy atom. The van der Waals surface area contributed by atoms with Crippen molar-refractivity contribution in [1.82, 2.24) is 20.0 Å². The Morgan fingerprint density at radius 1 is 0.892 bits per heavy atom. The molecule has 0 radical (unpaired) electrons. The first kappa shape index (κ1) is 24.3. The zero-order valence-corrected chi connectivity index (χ0v) is 20.9. The summed E-state index contributed by atoms with van der Waals surface area (Å²) in [5.41, 5.74) is 4.18. The summed E-state index contributed by atoms with van der Waals surface area (Å²) in [6, 6.07) is 24.7. The fraction of sp³-hybridized carbons (Fsp3) is 0.233. The monoisotopic (exact) mass is 494 g/mol. The highest BCUT2D eigenvalue weighted by Crippen LogP contribution is 2.31. The number of nitrogens with zero attached hydrogens (tertiary/aromatic N) is 3. The first-order chi connectivity index (χ1) is 18.1. The molecule has 2 amide bonds. The van der Waals surface area contributed by atoms with Crippen molar-refractivity contribution in [1.29, 1.82) is 0 Å². The van der Waals surface area contributed by atoms with Crippen LogP contribution in [-0.4, -0.2) is 46.7 Å². The summed E-state index contributed by atoms with van der Waals surface area (Å²) >= 11 is 0. The average Bonchev–Trinajstić information content (AvgIpc) is 3.42. The molecule has 0 bridgehead atoms. The minimum absolute atomic E-state index is 0.0741. The van der Waals surface area contributed by atoms with E-state index in [1.807, 2.05) is 83.8 Å². The first-order valence-electron chi connectivity index (χ1n) is 12.6. The molecule has 7 nitrogen and oxygen atoms in total. The topological polar surface area (TPSA) is 76.5 Å². The van der Waals surface area contributed by atoms with Crippen LogP contribution in [0, 0.1) is 0 Å². The number of carbonyl (C=O) groups is 2. The minimum atomic E-state index is -0.239. The number of nitrogens with one attached hydrogen (secondary N) is 1. The molecule has 1 saturated heterocycles. The van der Waals surface area contributed by atoms with Crippen molar-refractivity contribution < 1.29 is 14.3 Å². The van der Waals surface area contributed by atoms with E-state index in [0.717, 1.165) is 42.7 Å². The maximum Gasteiger partial charge on any atom is 0.255 e. The van der Waals surface area contributed by atoms with Crippen molar-refractivity contribution in [2.24, 2.45) is 0 Å². The van der Waals surface area contributed by atoms with Crippen molar-refractivity contribution in [3.63, 3.8) is 0 Å². The Morgan fingerprint density at radius 3 is 2.32 bits per heavy atom. The summed E-state index contributed by atoms with van der Waals surface area (Å²) < 4.78 is 7.25. The van der Waals surface area contributed by atoms with Crippen molar-refractivity contribution >= 4 is 11.8 Å². The van der Waals surface area contributed by atoms with Crippen LogP contribution in [0.1, 0.15) is 45.5 Å². The number of benzene rings is 3. The van der Waals surface area contributed by atoms with Crippen molar-refractivity contribution in [2.75, 3.05) is 20.2 Å². The number of amides is 2. The summed E-state index contributed by atoms with van der Waals surface area (Å²) in [6.45, 7) is 1.97. The third-order valence-corrected chi connectivity index (χ3v) is 6.64. The van der Waals surface area contributed by atoms with Crippen molar-refractivity contribution in [2.45, 2.75) is 25.8 Å². The number of likely N-dealkylation sites (tertiary alicyclic amines) is 1. The number of ether oxygens (including phenoxy) is 1. The summed E-state index contributed by atoms with van der Waals surface area (Å²) in [6.07, 6.45) is 5.05. The number of hydrogen-bond acceptors (Lipinski definition) is 4. The van der Waals surface area contributed by atoms with Crippen LogP contribution in [-0.2, 0) is 6.54 Å². The van der Waals surface area contributed by atoms with E-state index in [0.29, 0.717) is 29.1 Å². The molecule has 0 spiro atoms. The summed E-state index contributed by atoms with van der Waals surface area (Å²) in [4.78, 5) is 28.0. The van der Waals surface area contributed by atoms with Gasteiger partial charge in [-0.3, -0.25) is 9.59 Å². The minimum Gasteiger partial charge on any atom is -0.496 e. The molecule has 4 aromatic rings. The second kappa shape index (κ2) is 11.1. The van der Waals surface area contributed by atoms with E-state index in [1.165, 1.54) is 6.42 Å². The number of piperidine rings is 1. The third kappa shape index (κ3) is 5.40. The zero-order valence-electron chi connectivity index (χ0n) is 20.9. The van der Waals surface area contributed by atoms with Crippen LogP contribution in [0.5, 0.6) is 5.75 Å². The predicted octanol–water partition coefficient (Wildman–Crippen LogP) is 5.10. The van der Waals surface area contributed by atoms with Gasteiger partial charge >= 0.3 is 0 Å². The number of methoxy groups -OCH3 is 1. The lowest BCUT2D eigenvalue weighted by molar-refractivity contribution is 0.0724. The van der Waals surface area contributed by atoms with Gasteiger partial charge in [-0.15, -0.1) is 0 Å². The fourth-order valence-electron chi connectivity index (χ4n) is 4.61. The van der Waals surface area contributed by atoms with Gasteiger partial charge in [0, 0.05) is 37.0 Å². The average molecular weight is 495 g/mol. The standard InChI is InChI=1S/C30H30N4O3/c1-37-27-13-7-6-12-25(27)28-26(21-34(32-28)24-10-4-2-5-11-24)29(35)31-20-22-14-16-23(17-15-22)30(36)33-18-8-3-9-19-33/h2,4-7,10-17,21H,3,8-9,18-20H2,1H3,(H,31,35). The van der Waals surface area contributed by atoms with E-state index in [9.17, 15) is 9.59 Å². The van der Waals surface area contributed by atoms with E-state index < -0.39 is 0 Å². The van der Waals surface area contributed by atoms with Gasteiger partial charge in [-0.1, -0.05) is 42.5 Å². The number of aromatic nitrogens is 2. The normalized spacial score (nSPS) is 13.3. The molecule has 3 aromatic carbocycles. The smallest absolute Gasteiger partial charge is 0.255 e. The number of carbonyl (C=O) groups excluding carboxylic acids is 2. The van der Waals surface area contributed by atoms with Gasteiger partial charge in [0.15, 0.2) is 0 Å². The molecule has 2 heterocycles. The molecule has 1 aromatic heterocycles.